The van der Waals surface area contributed by atoms with E-state index in [2.05, 4.69) is 37.3 Å². The van der Waals surface area contributed by atoms with Crippen LogP contribution in [0.15, 0.2) is 41.2 Å². The molecule has 0 bridgehead atoms. The zero-order valence-electron chi connectivity index (χ0n) is 14.1. The van der Waals surface area contributed by atoms with Gasteiger partial charge in [0.1, 0.15) is 0 Å². The van der Waals surface area contributed by atoms with Crippen molar-refractivity contribution < 1.29 is 0 Å². The van der Waals surface area contributed by atoms with Gasteiger partial charge in [-0.2, -0.15) is 0 Å². The lowest BCUT2D eigenvalue weighted by Crippen LogP contribution is -2.30. The number of rotatable bonds is 4. The topological polar surface area (TPSA) is 48.0 Å². The average molecular weight is 310 g/mol. The van der Waals surface area contributed by atoms with E-state index in [1.54, 1.807) is 0 Å². The van der Waals surface area contributed by atoms with Gasteiger partial charge in [0.25, 0.3) is 5.56 Å². The van der Waals surface area contributed by atoms with Crippen molar-refractivity contribution in [2.75, 3.05) is 0 Å². The molecule has 3 heteroatoms. The number of benzene rings is 1. The summed E-state index contributed by atoms with van der Waals surface area (Å²) in [5, 5.41) is 0. The summed E-state index contributed by atoms with van der Waals surface area (Å²) < 4.78 is 2.01. The normalized spacial score (nSPS) is 16.7. The highest BCUT2D eigenvalue weighted by Crippen LogP contribution is 2.32. The molecule has 1 aliphatic carbocycles. The van der Waals surface area contributed by atoms with E-state index in [9.17, 15) is 4.79 Å². The molecular weight excluding hydrogens is 284 g/mol. The summed E-state index contributed by atoms with van der Waals surface area (Å²) in [6, 6.07) is 12.6. The van der Waals surface area contributed by atoms with Crippen LogP contribution < -0.4 is 11.3 Å². The van der Waals surface area contributed by atoms with Crippen molar-refractivity contribution in [2.45, 2.75) is 58.0 Å². The molecule has 1 fully saturated rings. The van der Waals surface area contributed by atoms with Crippen LogP contribution in [0.5, 0.6) is 0 Å². The van der Waals surface area contributed by atoms with Crippen molar-refractivity contribution >= 4 is 0 Å². The Morgan fingerprint density at radius 2 is 1.78 bits per heavy atom. The van der Waals surface area contributed by atoms with Crippen molar-refractivity contribution in [1.29, 1.82) is 0 Å². The smallest absolute Gasteiger partial charge is 0.256 e. The van der Waals surface area contributed by atoms with Gasteiger partial charge in [-0.1, -0.05) is 44.0 Å². The number of hydrogen-bond donors (Lipinski definition) is 1. The summed E-state index contributed by atoms with van der Waals surface area (Å²) >= 11 is 0. The molecule has 1 atom stereocenters. The number of hydrogen-bond acceptors (Lipinski definition) is 2. The van der Waals surface area contributed by atoms with Gasteiger partial charge in [0.2, 0.25) is 0 Å². The third kappa shape index (κ3) is 3.11. The van der Waals surface area contributed by atoms with Crippen molar-refractivity contribution in [1.82, 2.24) is 4.57 Å². The zero-order chi connectivity index (χ0) is 16.4. The van der Waals surface area contributed by atoms with E-state index in [1.807, 2.05) is 17.6 Å². The second-order valence-corrected chi connectivity index (χ2v) is 6.63. The molecule has 0 spiro atoms. The summed E-state index contributed by atoms with van der Waals surface area (Å²) in [4.78, 5) is 13.0. The molecule has 1 aromatic carbocycles. The van der Waals surface area contributed by atoms with E-state index in [0.717, 1.165) is 30.5 Å². The van der Waals surface area contributed by atoms with Gasteiger partial charge in [-0.15, -0.1) is 0 Å². The SMILES string of the molecule is CCc1ccc(-c2ccc(C(C)N)c(=O)n2C2CCCC2)cc1. The van der Waals surface area contributed by atoms with Crippen LogP contribution in [-0.4, -0.2) is 4.57 Å². The summed E-state index contributed by atoms with van der Waals surface area (Å²) in [5.74, 6) is 0. The third-order valence-electron chi connectivity index (χ3n) is 4.98. The fourth-order valence-corrected chi connectivity index (χ4v) is 3.59. The number of nitrogens with two attached hydrogens (primary N) is 1. The van der Waals surface area contributed by atoms with Crippen LogP contribution >= 0.6 is 0 Å². The Kier molecular flexibility index (Phi) is 4.67. The molecule has 1 aromatic heterocycles. The molecule has 122 valence electrons. The lowest BCUT2D eigenvalue weighted by atomic mass is 10.0. The average Bonchev–Trinajstić information content (AvgIpc) is 3.08. The lowest BCUT2D eigenvalue weighted by molar-refractivity contribution is 0.502. The lowest BCUT2D eigenvalue weighted by Gasteiger charge is -2.21. The van der Waals surface area contributed by atoms with Gasteiger partial charge in [0.05, 0.1) is 5.69 Å². The first kappa shape index (κ1) is 16.0. The fraction of sp³-hybridized carbons (Fsp3) is 0.450. The fourth-order valence-electron chi connectivity index (χ4n) is 3.59. The van der Waals surface area contributed by atoms with Crippen molar-refractivity contribution in [3.05, 3.63) is 57.9 Å². The molecule has 0 radical (unpaired) electrons. The first-order valence-corrected chi connectivity index (χ1v) is 8.72. The first-order valence-electron chi connectivity index (χ1n) is 8.72. The minimum atomic E-state index is -0.230. The van der Waals surface area contributed by atoms with Gasteiger partial charge < -0.3 is 10.3 Å². The number of aryl methyl sites for hydroxylation is 1. The second-order valence-electron chi connectivity index (χ2n) is 6.63. The number of aromatic nitrogens is 1. The number of pyridine rings is 1. The largest absolute Gasteiger partial charge is 0.324 e. The Hall–Kier alpha value is -1.87. The van der Waals surface area contributed by atoms with E-state index < -0.39 is 0 Å². The van der Waals surface area contributed by atoms with Crippen LogP contribution in [-0.2, 0) is 6.42 Å². The maximum absolute atomic E-state index is 13.0. The van der Waals surface area contributed by atoms with Crippen LogP contribution in [0.1, 0.15) is 62.7 Å². The Balaban J connectivity index is 2.14. The number of nitrogens with zero attached hydrogens (tertiary/aromatic N) is 1. The molecule has 2 N–H and O–H groups in total. The summed E-state index contributed by atoms with van der Waals surface area (Å²) in [5.41, 5.74) is 10.2. The first-order chi connectivity index (χ1) is 11.1. The van der Waals surface area contributed by atoms with E-state index in [0.29, 0.717) is 11.6 Å². The van der Waals surface area contributed by atoms with Gasteiger partial charge in [-0.25, -0.2) is 0 Å². The highest BCUT2D eigenvalue weighted by Gasteiger charge is 2.23. The summed E-state index contributed by atoms with van der Waals surface area (Å²) in [6.07, 6.45) is 5.60. The van der Waals surface area contributed by atoms with Crippen molar-refractivity contribution in [3.63, 3.8) is 0 Å². The maximum atomic E-state index is 13.0. The quantitative estimate of drug-likeness (QED) is 0.919. The van der Waals surface area contributed by atoms with Gasteiger partial charge in [0, 0.05) is 17.6 Å². The van der Waals surface area contributed by atoms with Gasteiger partial charge in [-0.3, -0.25) is 4.79 Å². The minimum Gasteiger partial charge on any atom is -0.324 e. The second kappa shape index (κ2) is 6.71. The Labute approximate surface area is 138 Å². The van der Waals surface area contributed by atoms with E-state index in [4.69, 9.17) is 5.73 Å². The molecule has 0 aliphatic heterocycles. The molecule has 0 amide bonds. The summed E-state index contributed by atoms with van der Waals surface area (Å²) in [7, 11) is 0. The molecule has 2 aromatic rings. The van der Waals surface area contributed by atoms with E-state index in [1.165, 1.54) is 18.4 Å². The minimum absolute atomic E-state index is 0.0870. The predicted octanol–water partition coefficient (Wildman–Crippen LogP) is 4.21. The van der Waals surface area contributed by atoms with Crippen molar-refractivity contribution in [3.8, 4) is 11.3 Å². The van der Waals surface area contributed by atoms with E-state index >= 15 is 0 Å². The van der Waals surface area contributed by atoms with E-state index in [-0.39, 0.29) is 11.6 Å². The van der Waals surface area contributed by atoms with Crippen molar-refractivity contribution in [2.24, 2.45) is 5.73 Å². The standard InChI is InChI=1S/C20H26N2O/c1-3-15-8-10-16(11-9-15)19-13-12-18(14(2)21)20(23)22(19)17-6-4-5-7-17/h8-14,17H,3-7,21H2,1-2H3. The molecule has 3 nitrogen and oxygen atoms in total. The molecule has 23 heavy (non-hydrogen) atoms. The van der Waals surface area contributed by atoms with Gasteiger partial charge in [0.15, 0.2) is 0 Å². The molecular formula is C20H26N2O. The maximum Gasteiger partial charge on any atom is 0.256 e. The third-order valence-corrected chi connectivity index (χ3v) is 4.98. The van der Waals surface area contributed by atoms with Crippen LogP contribution in [0.3, 0.4) is 0 Å². The van der Waals surface area contributed by atoms with Gasteiger partial charge >= 0.3 is 0 Å². The highest BCUT2D eigenvalue weighted by molar-refractivity contribution is 5.60. The Morgan fingerprint density at radius 3 is 2.35 bits per heavy atom. The Bertz CT molecular complexity index is 722. The predicted molar refractivity (Wildman–Crippen MR) is 95.6 cm³/mol. The summed E-state index contributed by atoms with van der Waals surface area (Å²) in [6.45, 7) is 4.03. The molecule has 0 saturated heterocycles. The molecule has 3 rings (SSSR count). The van der Waals surface area contributed by atoms with Crippen LogP contribution in [0.4, 0.5) is 0 Å². The van der Waals surface area contributed by atoms with Gasteiger partial charge in [-0.05, 0) is 49.4 Å². The Morgan fingerprint density at radius 1 is 1.13 bits per heavy atom. The molecule has 1 aliphatic rings. The highest BCUT2D eigenvalue weighted by atomic mass is 16.1. The zero-order valence-corrected chi connectivity index (χ0v) is 14.1. The monoisotopic (exact) mass is 310 g/mol. The van der Waals surface area contributed by atoms with Crippen LogP contribution in [0.25, 0.3) is 11.3 Å². The molecule has 1 heterocycles. The van der Waals surface area contributed by atoms with Crippen LogP contribution in [0, 0.1) is 0 Å². The van der Waals surface area contributed by atoms with Crippen LogP contribution in [0.2, 0.25) is 0 Å². The molecule has 1 unspecified atom stereocenters. The molecule has 1 saturated carbocycles.